The molecule has 7 rings (SSSR count). The third-order valence-corrected chi connectivity index (χ3v) is 11.4. The van der Waals surface area contributed by atoms with Crippen LogP contribution < -0.4 is 9.47 Å². The Bertz CT molecular complexity index is 2200. The van der Waals surface area contributed by atoms with E-state index < -0.39 is 0 Å². The molecule has 55 heavy (non-hydrogen) atoms. The van der Waals surface area contributed by atoms with Gasteiger partial charge in [-0.1, -0.05) is 71.7 Å². The third kappa shape index (κ3) is 7.82. The SMILES string of the molecule is COc1nc(-c2cccc(-c3cccc(-c4ccc(CN5CC6(C5)CN(C(=O)CC#N)C6)c(OC)n4)c3Cl)c2Cl)ccc1CN1CCN(C(=O)CC#N)CC1. The van der Waals surface area contributed by atoms with Gasteiger partial charge in [0.2, 0.25) is 23.6 Å². The van der Waals surface area contributed by atoms with Crippen molar-refractivity contribution in [1.29, 1.82) is 10.5 Å². The van der Waals surface area contributed by atoms with Gasteiger partial charge >= 0.3 is 0 Å². The second-order valence-corrected chi connectivity index (χ2v) is 15.0. The van der Waals surface area contributed by atoms with Crippen LogP contribution in [0.25, 0.3) is 33.6 Å². The number of ether oxygens (including phenoxy) is 2. The van der Waals surface area contributed by atoms with Gasteiger partial charge in [-0.2, -0.15) is 10.5 Å². The summed E-state index contributed by atoms with van der Waals surface area (Å²) in [7, 11) is 3.21. The Morgan fingerprint density at radius 2 is 1.11 bits per heavy atom. The molecule has 3 fully saturated rings. The summed E-state index contributed by atoms with van der Waals surface area (Å²) in [6.45, 7) is 6.97. The molecule has 0 atom stereocenters. The summed E-state index contributed by atoms with van der Waals surface area (Å²) in [5, 5.41) is 18.7. The van der Waals surface area contributed by atoms with Gasteiger partial charge in [0, 0.05) is 104 Å². The zero-order valence-corrected chi connectivity index (χ0v) is 32.2. The van der Waals surface area contributed by atoms with Crippen LogP contribution in [-0.4, -0.2) is 108 Å². The van der Waals surface area contributed by atoms with E-state index in [0.717, 1.165) is 46.5 Å². The van der Waals surface area contributed by atoms with Crippen molar-refractivity contribution in [1.82, 2.24) is 29.6 Å². The third-order valence-electron chi connectivity index (χ3n) is 10.6. The Balaban J connectivity index is 1.05. The Morgan fingerprint density at radius 1 is 0.655 bits per heavy atom. The number of piperazine rings is 1. The van der Waals surface area contributed by atoms with Crippen molar-refractivity contribution in [2.24, 2.45) is 5.41 Å². The van der Waals surface area contributed by atoms with E-state index in [1.54, 1.807) is 24.0 Å². The van der Waals surface area contributed by atoms with Crippen LogP contribution in [0.3, 0.4) is 0 Å². The number of nitriles is 2. The zero-order chi connectivity index (χ0) is 38.7. The number of benzene rings is 2. The zero-order valence-electron chi connectivity index (χ0n) is 30.7. The van der Waals surface area contributed by atoms with Crippen molar-refractivity contribution >= 4 is 35.0 Å². The van der Waals surface area contributed by atoms with Crippen molar-refractivity contribution in [3.05, 3.63) is 81.8 Å². The molecule has 0 N–H and O–H groups in total. The Kier molecular flexibility index (Phi) is 11.2. The average Bonchev–Trinajstić information content (AvgIpc) is 3.16. The number of hydrogen-bond donors (Lipinski definition) is 0. The van der Waals surface area contributed by atoms with Gasteiger partial charge in [-0.05, 0) is 12.1 Å². The van der Waals surface area contributed by atoms with Crippen LogP contribution >= 0.6 is 23.2 Å². The predicted octanol–water partition coefficient (Wildman–Crippen LogP) is 5.92. The fourth-order valence-electron chi connectivity index (χ4n) is 7.86. The van der Waals surface area contributed by atoms with Crippen LogP contribution in [0.4, 0.5) is 0 Å². The second-order valence-electron chi connectivity index (χ2n) is 14.3. The lowest BCUT2D eigenvalue weighted by atomic mass is 9.72. The largest absolute Gasteiger partial charge is 0.481 e. The minimum atomic E-state index is -0.131. The van der Waals surface area contributed by atoms with Gasteiger partial charge < -0.3 is 19.3 Å². The van der Waals surface area contributed by atoms with Crippen molar-refractivity contribution in [3.8, 4) is 57.5 Å². The summed E-state index contributed by atoms with van der Waals surface area (Å²) in [5.41, 5.74) is 6.29. The number of nitrogens with zero attached hydrogens (tertiary/aromatic N) is 8. The Labute approximate surface area is 330 Å². The number of aromatic nitrogens is 2. The van der Waals surface area contributed by atoms with E-state index in [9.17, 15) is 9.59 Å². The van der Waals surface area contributed by atoms with E-state index in [1.807, 2.05) is 72.8 Å². The first-order chi connectivity index (χ1) is 26.6. The molecular formula is C41H40Cl2N8O4. The van der Waals surface area contributed by atoms with Crippen LogP contribution in [0.2, 0.25) is 10.0 Å². The van der Waals surface area contributed by atoms with Gasteiger partial charge in [0.15, 0.2) is 0 Å². The summed E-state index contributed by atoms with van der Waals surface area (Å²) >= 11 is 14.3. The standard InChI is InChI=1S/C41H40Cl2N8O4/c1-54-39-27(21-48-17-19-50(20-18-48)35(52)13-15-44)9-11-33(46-39)31-7-3-5-29(37(31)42)30-6-4-8-32(38(30)43)34-12-10-28(40(47-34)55-2)22-49-23-41(24-49)25-51(26-41)36(53)14-16-45/h3-12H,13-14,17-26H2,1-2H3. The second kappa shape index (κ2) is 16.2. The molecule has 282 valence electrons. The minimum Gasteiger partial charge on any atom is -0.481 e. The molecule has 0 aliphatic carbocycles. The van der Waals surface area contributed by atoms with Crippen LogP contribution in [0.5, 0.6) is 11.8 Å². The summed E-state index contributed by atoms with van der Waals surface area (Å²) in [4.78, 5) is 41.9. The molecule has 2 aromatic heterocycles. The van der Waals surface area contributed by atoms with Crippen LogP contribution in [0, 0.1) is 28.1 Å². The van der Waals surface area contributed by atoms with Crippen LogP contribution in [0.15, 0.2) is 60.7 Å². The highest BCUT2D eigenvalue weighted by Crippen LogP contribution is 2.44. The highest BCUT2D eigenvalue weighted by molar-refractivity contribution is 6.39. The summed E-state index contributed by atoms with van der Waals surface area (Å²) in [6.07, 6.45) is -0.163. The minimum absolute atomic E-state index is 0.0668. The summed E-state index contributed by atoms with van der Waals surface area (Å²) < 4.78 is 11.5. The maximum atomic E-state index is 12.1. The van der Waals surface area contributed by atoms with Gasteiger partial charge in [-0.15, -0.1) is 0 Å². The molecule has 14 heteroatoms. The molecule has 1 spiro atoms. The van der Waals surface area contributed by atoms with E-state index >= 15 is 0 Å². The molecule has 3 aliphatic rings. The van der Waals surface area contributed by atoms with Gasteiger partial charge in [-0.3, -0.25) is 19.4 Å². The van der Waals surface area contributed by atoms with Crippen LogP contribution in [0.1, 0.15) is 24.0 Å². The summed E-state index contributed by atoms with van der Waals surface area (Å²) in [6, 6.07) is 23.3. The topological polar surface area (TPSA) is 139 Å². The normalized spacial score (nSPS) is 16.5. The molecule has 2 aromatic carbocycles. The van der Waals surface area contributed by atoms with E-state index in [4.69, 9.17) is 53.2 Å². The smallest absolute Gasteiger partial charge is 0.236 e. The average molecular weight is 780 g/mol. The molecule has 4 aromatic rings. The quantitative estimate of drug-likeness (QED) is 0.180. The number of pyridine rings is 2. The van der Waals surface area contributed by atoms with E-state index in [0.29, 0.717) is 85.6 Å². The lowest BCUT2D eigenvalue weighted by Gasteiger charge is -2.60. The number of likely N-dealkylation sites (tertiary alicyclic amines) is 2. The molecule has 3 saturated heterocycles. The molecule has 5 heterocycles. The molecule has 0 bridgehead atoms. The van der Waals surface area contributed by atoms with Gasteiger partial charge in [0.1, 0.15) is 12.8 Å². The first-order valence-corrected chi connectivity index (χ1v) is 18.8. The fraction of sp³-hybridized carbons (Fsp3) is 0.366. The van der Waals surface area contributed by atoms with Crippen molar-refractivity contribution < 1.29 is 19.1 Å². The molecular weight excluding hydrogens is 739 g/mol. The maximum Gasteiger partial charge on any atom is 0.236 e. The van der Waals surface area contributed by atoms with Crippen molar-refractivity contribution in [2.75, 3.05) is 66.6 Å². The van der Waals surface area contributed by atoms with E-state index in [2.05, 4.69) is 9.80 Å². The molecule has 0 saturated carbocycles. The Hall–Kier alpha value is -5.24. The highest BCUT2D eigenvalue weighted by Gasteiger charge is 2.52. The molecule has 3 aliphatic heterocycles. The van der Waals surface area contributed by atoms with E-state index in [-0.39, 0.29) is 30.1 Å². The van der Waals surface area contributed by atoms with Gasteiger partial charge in [0.05, 0.1) is 47.8 Å². The predicted molar refractivity (Wildman–Crippen MR) is 208 cm³/mol. The lowest BCUT2D eigenvalue weighted by molar-refractivity contribution is -0.158. The number of carbonyl (C=O) groups is 2. The Morgan fingerprint density at radius 3 is 1.58 bits per heavy atom. The number of rotatable bonds is 11. The number of amides is 2. The lowest BCUT2D eigenvalue weighted by Crippen LogP contribution is -2.72. The number of methoxy groups -OCH3 is 2. The molecule has 12 nitrogen and oxygen atoms in total. The first kappa shape index (κ1) is 38.1. The summed E-state index contributed by atoms with van der Waals surface area (Å²) in [5.74, 6) is 0.795. The number of hydrogen-bond acceptors (Lipinski definition) is 10. The molecule has 2 amide bonds. The molecule has 0 radical (unpaired) electrons. The number of carbonyl (C=O) groups excluding carboxylic acids is 2. The van der Waals surface area contributed by atoms with E-state index in [1.165, 1.54) is 0 Å². The van der Waals surface area contributed by atoms with Gasteiger partial charge in [-0.25, -0.2) is 9.97 Å². The fourth-order valence-corrected chi connectivity index (χ4v) is 8.51. The highest BCUT2D eigenvalue weighted by atomic mass is 35.5. The first-order valence-electron chi connectivity index (χ1n) is 18.1. The van der Waals surface area contributed by atoms with Crippen LogP contribution in [-0.2, 0) is 22.7 Å². The number of halogens is 2. The molecule has 0 unspecified atom stereocenters. The monoisotopic (exact) mass is 778 g/mol. The van der Waals surface area contributed by atoms with Gasteiger partial charge in [0.25, 0.3) is 0 Å². The van der Waals surface area contributed by atoms with Crippen molar-refractivity contribution in [3.63, 3.8) is 0 Å². The maximum absolute atomic E-state index is 12.1. The van der Waals surface area contributed by atoms with Crippen molar-refractivity contribution in [2.45, 2.75) is 25.9 Å².